The molecule has 1 aliphatic carbocycles. The Kier molecular flexibility index (Phi) is 9.58. The molecule has 2 aromatic carbocycles. The molecule has 0 aromatic heterocycles. The second-order valence-electron chi connectivity index (χ2n) is 9.49. The molecular weight excluding hydrogens is 458 g/mol. The van der Waals surface area contributed by atoms with Gasteiger partial charge in [0.25, 0.3) is 5.91 Å². The van der Waals surface area contributed by atoms with Crippen LogP contribution in [-0.2, 0) is 11.4 Å². The van der Waals surface area contributed by atoms with Gasteiger partial charge in [-0.2, -0.15) is 0 Å². The molecule has 2 N–H and O–H groups in total. The summed E-state index contributed by atoms with van der Waals surface area (Å²) in [5.74, 6) is 0.633. The van der Waals surface area contributed by atoms with Gasteiger partial charge in [-0.05, 0) is 57.5 Å². The molecule has 36 heavy (non-hydrogen) atoms. The molecule has 1 fully saturated rings. The van der Waals surface area contributed by atoms with Gasteiger partial charge in [0.1, 0.15) is 12.6 Å². The molecule has 0 radical (unpaired) electrons. The standard InChI is InChI=1S/C28H39N3O5/c1-6-11-22(27(33)29-19-28(31(2)3)14-10-15-28)30-26(32)21-16-23(34-4)25(24(17-21)35-5)36-18-20-12-8-7-9-13-20/h7-9,12-13,16-17,22H,6,10-11,14-15,18-19H2,1-5H3,(H,29,33)(H,30,32)/t22-/m0/s1. The second kappa shape index (κ2) is 12.6. The number of carbonyl (C=O) groups is 2. The van der Waals surface area contributed by atoms with Crippen LogP contribution in [0.15, 0.2) is 42.5 Å². The zero-order valence-corrected chi connectivity index (χ0v) is 22.1. The molecule has 0 aliphatic heterocycles. The minimum atomic E-state index is -0.632. The van der Waals surface area contributed by atoms with Gasteiger partial charge in [-0.15, -0.1) is 0 Å². The van der Waals surface area contributed by atoms with Crippen LogP contribution in [0.1, 0.15) is 54.9 Å². The van der Waals surface area contributed by atoms with E-state index in [1.807, 2.05) is 51.4 Å². The SMILES string of the molecule is CCC[C@H](NC(=O)c1cc(OC)c(OCc2ccccc2)c(OC)c1)C(=O)NCC1(N(C)C)CCC1. The van der Waals surface area contributed by atoms with E-state index in [0.29, 0.717) is 42.4 Å². The molecule has 1 saturated carbocycles. The maximum Gasteiger partial charge on any atom is 0.252 e. The van der Waals surface area contributed by atoms with Crippen LogP contribution in [0, 0.1) is 0 Å². The third-order valence-corrected chi connectivity index (χ3v) is 6.97. The molecule has 3 rings (SSSR count). The first-order valence-corrected chi connectivity index (χ1v) is 12.5. The van der Waals surface area contributed by atoms with Crippen LogP contribution in [0.3, 0.4) is 0 Å². The van der Waals surface area contributed by atoms with E-state index in [-0.39, 0.29) is 17.4 Å². The molecule has 8 heteroatoms. The molecule has 8 nitrogen and oxygen atoms in total. The fourth-order valence-corrected chi connectivity index (χ4v) is 4.42. The molecular formula is C28H39N3O5. The Hall–Kier alpha value is -3.26. The number of carbonyl (C=O) groups excluding carboxylic acids is 2. The quantitative estimate of drug-likeness (QED) is 0.438. The molecule has 2 amide bonds. The highest BCUT2D eigenvalue weighted by atomic mass is 16.5. The van der Waals surface area contributed by atoms with E-state index < -0.39 is 6.04 Å². The Morgan fingerprint density at radius 1 is 1.06 bits per heavy atom. The lowest BCUT2D eigenvalue weighted by molar-refractivity contribution is -0.124. The largest absolute Gasteiger partial charge is 0.493 e. The zero-order valence-electron chi connectivity index (χ0n) is 22.1. The van der Waals surface area contributed by atoms with Gasteiger partial charge in [0.2, 0.25) is 11.7 Å². The first kappa shape index (κ1) is 27.3. The Labute approximate surface area is 214 Å². The maximum absolute atomic E-state index is 13.2. The molecule has 2 aromatic rings. The number of hydrogen-bond donors (Lipinski definition) is 2. The highest BCUT2D eigenvalue weighted by molar-refractivity contribution is 5.98. The van der Waals surface area contributed by atoms with Gasteiger partial charge in [0.15, 0.2) is 11.5 Å². The number of ether oxygens (including phenoxy) is 3. The molecule has 1 atom stereocenters. The summed E-state index contributed by atoms with van der Waals surface area (Å²) in [6, 6.07) is 12.3. The van der Waals surface area contributed by atoms with Gasteiger partial charge in [-0.3, -0.25) is 9.59 Å². The van der Waals surface area contributed by atoms with E-state index in [1.165, 1.54) is 14.2 Å². The fourth-order valence-electron chi connectivity index (χ4n) is 4.42. The van der Waals surface area contributed by atoms with Crippen molar-refractivity contribution in [2.45, 2.75) is 57.2 Å². The van der Waals surface area contributed by atoms with Gasteiger partial charge in [0.05, 0.1) is 14.2 Å². The summed E-state index contributed by atoms with van der Waals surface area (Å²) in [7, 11) is 7.12. The smallest absolute Gasteiger partial charge is 0.252 e. The minimum absolute atomic E-state index is 0.00669. The van der Waals surface area contributed by atoms with Crippen molar-refractivity contribution in [3.05, 3.63) is 53.6 Å². The van der Waals surface area contributed by atoms with Crippen molar-refractivity contribution in [3.63, 3.8) is 0 Å². The number of rotatable bonds is 13. The average molecular weight is 498 g/mol. The van der Waals surface area contributed by atoms with Gasteiger partial charge in [0, 0.05) is 17.6 Å². The second-order valence-corrected chi connectivity index (χ2v) is 9.49. The number of hydrogen-bond acceptors (Lipinski definition) is 6. The van der Waals surface area contributed by atoms with Gasteiger partial charge < -0.3 is 29.7 Å². The lowest BCUT2D eigenvalue weighted by Crippen LogP contribution is -2.59. The van der Waals surface area contributed by atoms with Crippen molar-refractivity contribution in [1.29, 1.82) is 0 Å². The fraction of sp³-hybridized carbons (Fsp3) is 0.500. The summed E-state index contributed by atoms with van der Waals surface area (Å²) in [5.41, 5.74) is 1.33. The number of likely N-dealkylation sites (N-methyl/N-ethyl adjacent to an activating group) is 1. The predicted octanol–water partition coefficient (Wildman–Crippen LogP) is 3.78. The summed E-state index contributed by atoms with van der Waals surface area (Å²) < 4.78 is 17.0. The number of amides is 2. The molecule has 0 spiro atoms. The average Bonchev–Trinajstić information content (AvgIpc) is 2.86. The molecule has 0 unspecified atom stereocenters. The summed E-state index contributed by atoms with van der Waals surface area (Å²) in [4.78, 5) is 28.4. The number of nitrogens with one attached hydrogen (secondary N) is 2. The maximum atomic E-state index is 13.2. The van der Waals surface area contributed by atoms with Gasteiger partial charge in [-0.25, -0.2) is 0 Å². The van der Waals surface area contributed by atoms with Crippen LogP contribution in [0.5, 0.6) is 17.2 Å². The number of nitrogens with zero attached hydrogens (tertiary/aromatic N) is 1. The van der Waals surface area contributed by atoms with E-state index >= 15 is 0 Å². The van der Waals surface area contributed by atoms with Crippen LogP contribution >= 0.6 is 0 Å². The summed E-state index contributed by atoms with van der Waals surface area (Å²) in [5, 5.41) is 5.97. The first-order valence-electron chi connectivity index (χ1n) is 12.5. The topological polar surface area (TPSA) is 89.1 Å². The van der Waals surface area contributed by atoms with Gasteiger partial charge in [-0.1, -0.05) is 43.7 Å². The molecule has 0 heterocycles. The molecule has 196 valence electrons. The third-order valence-electron chi connectivity index (χ3n) is 6.97. The molecule has 0 saturated heterocycles. The van der Waals surface area contributed by atoms with Gasteiger partial charge >= 0.3 is 0 Å². The van der Waals surface area contributed by atoms with Crippen LogP contribution in [0.2, 0.25) is 0 Å². The van der Waals surface area contributed by atoms with E-state index in [4.69, 9.17) is 14.2 Å². The van der Waals surface area contributed by atoms with Crippen LogP contribution in [-0.4, -0.2) is 63.2 Å². The van der Waals surface area contributed by atoms with Crippen molar-refractivity contribution in [1.82, 2.24) is 15.5 Å². The Bertz CT molecular complexity index is 996. The van der Waals surface area contributed by atoms with E-state index in [2.05, 4.69) is 15.5 Å². The summed E-state index contributed by atoms with van der Waals surface area (Å²) in [6.45, 7) is 2.89. The highest BCUT2D eigenvalue weighted by Gasteiger charge is 2.39. The normalized spacial score (nSPS) is 14.9. The molecule has 1 aliphatic rings. The summed E-state index contributed by atoms with van der Waals surface area (Å²) >= 11 is 0. The van der Waals surface area contributed by atoms with E-state index in [9.17, 15) is 9.59 Å². The van der Waals surface area contributed by atoms with Crippen molar-refractivity contribution in [3.8, 4) is 17.2 Å². The zero-order chi connectivity index (χ0) is 26.1. The first-order chi connectivity index (χ1) is 17.3. The van der Waals surface area contributed by atoms with Crippen molar-refractivity contribution in [2.24, 2.45) is 0 Å². The molecule has 0 bridgehead atoms. The number of methoxy groups -OCH3 is 2. The van der Waals surface area contributed by atoms with E-state index in [1.54, 1.807) is 12.1 Å². The minimum Gasteiger partial charge on any atom is -0.493 e. The van der Waals surface area contributed by atoms with Crippen molar-refractivity contribution < 1.29 is 23.8 Å². The van der Waals surface area contributed by atoms with Crippen LogP contribution in [0.4, 0.5) is 0 Å². The predicted molar refractivity (Wildman–Crippen MR) is 140 cm³/mol. The third kappa shape index (κ3) is 6.49. The Balaban J connectivity index is 1.72. The van der Waals surface area contributed by atoms with Crippen molar-refractivity contribution >= 4 is 11.8 Å². The van der Waals surface area contributed by atoms with Crippen LogP contribution in [0.25, 0.3) is 0 Å². The lowest BCUT2D eigenvalue weighted by Gasteiger charge is -2.47. The monoisotopic (exact) mass is 497 g/mol. The van der Waals surface area contributed by atoms with E-state index in [0.717, 1.165) is 31.2 Å². The lowest BCUT2D eigenvalue weighted by atomic mass is 9.75. The Morgan fingerprint density at radius 3 is 2.19 bits per heavy atom. The van der Waals surface area contributed by atoms with Crippen LogP contribution < -0.4 is 24.8 Å². The summed E-state index contributed by atoms with van der Waals surface area (Å²) in [6.07, 6.45) is 4.58. The number of benzene rings is 2. The Morgan fingerprint density at radius 2 is 1.69 bits per heavy atom. The highest BCUT2D eigenvalue weighted by Crippen LogP contribution is 2.39. The van der Waals surface area contributed by atoms with Crippen molar-refractivity contribution in [2.75, 3.05) is 34.9 Å².